The number of hydrogen-bond acceptors (Lipinski definition) is 6. The molecule has 0 spiro atoms. The Bertz CT molecular complexity index is 726. The molecule has 0 fully saturated rings. The minimum Gasteiger partial charge on any atom is -0.493 e. The first kappa shape index (κ1) is 14.6. The Kier molecular flexibility index (Phi) is 4.27. The number of fused-ring (bicyclic) bond motifs is 1. The van der Waals surface area contributed by atoms with Crippen molar-refractivity contribution in [2.24, 2.45) is 0 Å². The summed E-state index contributed by atoms with van der Waals surface area (Å²) in [6.07, 6.45) is -0.694. The number of aromatic nitrogens is 2. The largest absolute Gasteiger partial charge is 0.493 e. The molecular weight excluding hydrogens is 278 g/mol. The van der Waals surface area contributed by atoms with Crippen LogP contribution in [0.1, 0.15) is 6.92 Å². The number of carbonyl (C=O) groups is 1. The van der Waals surface area contributed by atoms with E-state index in [2.05, 4.69) is 15.3 Å². The van der Waals surface area contributed by atoms with E-state index in [1.54, 1.807) is 13.0 Å². The molecule has 1 aromatic carbocycles. The summed E-state index contributed by atoms with van der Waals surface area (Å²) in [5.41, 5.74) is -0.0454. The summed E-state index contributed by atoms with van der Waals surface area (Å²) in [4.78, 5) is 30.0. The van der Waals surface area contributed by atoms with Crippen LogP contribution in [-0.2, 0) is 4.74 Å². The van der Waals surface area contributed by atoms with Crippen molar-refractivity contribution in [1.82, 2.24) is 9.97 Å². The lowest BCUT2D eigenvalue weighted by Crippen LogP contribution is -2.19. The zero-order valence-corrected chi connectivity index (χ0v) is 11.9. The van der Waals surface area contributed by atoms with Crippen LogP contribution in [0.15, 0.2) is 16.9 Å². The topological polar surface area (TPSA) is 103 Å². The van der Waals surface area contributed by atoms with Crippen LogP contribution in [0.25, 0.3) is 10.9 Å². The fourth-order valence-electron chi connectivity index (χ4n) is 1.79. The molecule has 0 radical (unpaired) electrons. The number of ether oxygens (including phenoxy) is 3. The number of rotatable bonds is 4. The van der Waals surface area contributed by atoms with E-state index in [-0.39, 0.29) is 12.6 Å². The molecule has 2 aromatic rings. The second kappa shape index (κ2) is 6.12. The zero-order chi connectivity index (χ0) is 15.4. The Morgan fingerprint density at radius 1 is 1.29 bits per heavy atom. The van der Waals surface area contributed by atoms with Crippen molar-refractivity contribution in [2.45, 2.75) is 6.92 Å². The summed E-state index contributed by atoms with van der Waals surface area (Å²) in [7, 11) is 2.95. The third kappa shape index (κ3) is 3.04. The summed E-state index contributed by atoms with van der Waals surface area (Å²) in [5.74, 6) is 0.853. The normalized spacial score (nSPS) is 10.2. The Hall–Kier alpha value is -2.77. The van der Waals surface area contributed by atoms with E-state index in [1.807, 2.05) is 0 Å². The average molecular weight is 293 g/mol. The molecule has 21 heavy (non-hydrogen) atoms. The van der Waals surface area contributed by atoms with Crippen LogP contribution >= 0.6 is 0 Å². The van der Waals surface area contributed by atoms with Crippen molar-refractivity contribution in [3.8, 4) is 11.5 Å². The van der Waals surface area contributed by atoms with E-state index in [9.17, 15) is 9.59 Å². The van der Waals surface area contributed by atoms with Gasteiger partial charge in [-0.1, -0.05) is 0 Å². The minimum absolute atomic E-state index is 0.00169. The molecule has 0 unspecified atom stereocenters. The fourth-order valence-corrected chi connectivity index (χ4v) is 1.79. The molecule has 2 N–H and O–H groups in total. The molecule has 0 aliphatic rings. The molecule has 2 rings (SSSR count). The summed E-state index contributed by atoms with van der Waals surface area (Å²) < 4.78 is 15.0. The molecule has 0 saturated carbocycles. The standard InChI is InChI=1S/C13H15N3O5/c1-4-21-13(18)16-12-14-8-6-10(20-3)9(19-2)5-7(8)11(17)15-12/h5-6H,4H2,1-3H3,(H2,14,15,16,17,18). The quantitative estimate of drug-likeness (QED) is 0.885. The van der Waals surface area contributed by atoms with Gasteiger partial charge in [0.1, 0.15) is 0 Å². The van der Waals surface area contributed by atoms with Crippen LogP contribution in [0.5, 0.6) is 11.5 Å². The molecule has 8 nitrogen and oxygen atoms in total. The van der Waals surface area contributed by atoms with Gasteiger partial charge in [0.15, 0.2) is 11.5 Å². The lowest BCUT2D eigenvalue weighted by molar-refractivity contribution is 0.167. The molecule has 0 aliphatic heterocycles. The second-order valence-corrected chi connectivity index (χ2v) is 3.98. The van der Waals surface area contributed by atoms with Crippen molar-refractivity contribution in [3.05, 3.63) is 22.5 Å². The maximum Gasteiger partial charge on any atom is 0.413 e. The Labute approximate surface area is 120 Å². The van der Waals surface area contributed by atoms with E-state index in [0.717, 1.165) is 0 Å². The number of hydrogen-bond donors (Lipinski definition) is 2. The van der Waals surface area contributed by atoms with Gasteiger partial charge in [-0.05, 0) is 13.0 Å². The van der Waals surface area contributed by atoms with Crippen LogP contribution in [0.4, 0.5) is 10.7 Å². The van der Waals surface area contributed by atoms with Gasteiger partial charge in [-0.25, -0.2) is 9.78 Å². The average Bonchev–Trinajstić information content (AvgIpc) is 2.46. The molecule has 1 amide bonds. The maximum atomic E-state index is 12.0. The molecule has 0 saturated heterocycles. The third-order valence-corrected chi connectivity index (χ3v) is 2.71. The van der Waals surface area contributed by atoms with Gasteiger partial charge >= 0.3 is 6.09 Å². The number of benzene rings is 1. The number of nitrogens with zero attached hydrogens (tertiary/aromatic N) is 1. The highest BCUT2D eigenvalue weighted by Crippen LogP contribution is 2.30. The third-order valence-electron chi connectivity index (χ3n) is 2.71. The van der Waals surface area contributed by atoms with Crippen LogP contribution in [0, 0.1) is 0 Å². The van der Waals surface area contributed by atoms with E-state index in [4.69, 9.17) is 14.2 Å². The highest BCUT2D eigenvalue weighted by Gasteiger charge is 2.12. The number of anilines is 1. The van der Waals surface area contributed by atoms with Gasteiger partial charge in [0, 0.05) is 6.07 Å². The first-order valence-corrected chi connectivity index (χ1v) is 6.18. The van der Waals surface area contributed by atoms with Gasteiger partial charge < -0.3 is 14.2 Å². The molecule has 0 atom stereocenters. The summed E-state index contributed by atoms with van der Waals surface area (Å²) in [6, 6.07) is 3.08. The predicted molar refractivity (Wildman–Crippen MR) is 76.1 cm³/mol. The highest BCUT2D eigenvalue weighted by atomic mass is 16.5. The van der Waals surface area contributed by atoms with Crippen LogP contribution in [0.2, 0.25) is 0 Å². The molecule has 112 valence electrons. The fraction of sp³-hybridized carbons (Fsp3) is 0.308. The predicted octanol–water partition coefficient (Wildman–Crippen LogP) is 1.51. The summed E-state index contributed by atoms with van der Waals surface area (Å²) >= 11 is 0. The van der Waals surface area contributed by atoms with Gasteiger partial charge in [-0.2, -0.15) is 0 Å². The lowest BCUT2D eigenvalue weighted by Gasteiger charge is -2.09. The smallest absolute Gasteiger partial charge is 0.413 e. The number of aromatic amines is 1. The van der Waals surface area contributed by atoms with E-state index >= 15 is 0 Å². The molecule has 1 aromatic heterocycles. The molecule has 8 heteroatoms. The van der Waals surface area contributed by atoms with Gasteiger partial charge in [-0.15, -0.1) is 0 Å². The van der Waals surface area contributed by atoms with Crippen molar-refractivity contribution >= 4 is 22.9 Å². The Balaban J connectivity index is 2.49. The SMILES string of the molecule is CCOC(=O)Nc1nc2cc(OC)c(OC)cc2c(=O)[nH]1. The lowest BCUT2D eigenvalue weighted by atomic mass is 10.2. The first-order valence-electron chi connectivity index (χ1n) is 6.18. The van der Waals surface area contributed by atoms with Crippen molar-refractivity contribution < 1.29 is 19.0 Å². The van der Waals surface area contributed by atoms with Crippen LogP contribution < -0.4 is 20.3 Å². The van der Waals surface area contributed by atoms with Crippen molar-refractivity contribution in [3.63, 3.8) is 0 Å². The number of methoxy groups -OCH3 is 2. The van der Waals surface area contributed by atoms with Gasteiger partial charge in [0.25, 0.3) is 5.56 Å². The van der Waals surface area contributed by atoms with E-state index in [1.165, 1.54) is 20.3 Å². The Morgan fingerprint density at radius 2 is 1.95 bits per heavy atom. The van der Waals surface area contributed by atoms with E-state index < -0.39 is 11.7 Å². The van der Waals surface area contributed by atoms with Gasteiger partial charge in [0.2, 0.25) is 5.95 Å². The minimum atomic E-state index is -0.694. The number of carbonyl (C=O) groups excluding carboxylic acids is 1. The van der Waals surface area contributed by atoms with Gasteiger partial charge in [-0.3, -0.25) is 15.1 Å². The van der Waals surface area contributed by atoms with E-state index in [0.29, 0.717) is 22.4 Å². The molecule has 0 aliphatic carbocycles. The Morgan fingerprint density at radius 3 is 2.57 bits per heavy atom. The molecular formula is C13H15N3O5. The molecule has 1 heterocycles. The number of nitrogens with one attached hydrogen (secondary N) is 2. The van der Waals surface area contributed by atoms with Crippen LogP contribution in [0.3, 0.4) is 0 Å². The first-order chi connectivity index (χ1) is 10.1. The highest BCUT2D eigenvalue weighted by molar-refractivity contribution is 5.86. The maximum absolute atomic E-state index is 12.0. The summed E-state index contributed by atoms with van der Waals surface area (Å²) in [5, 5.41) is 2.66. The van der Waals surface area contributed by atoms with Crippen LogP contribution in [-0.4, -0.2) is 36.9 Å². The molecule has 0 bridgehead atoms. The number of H-pyrrole nitrogens is 1. The second-order valence-electron chi connectivity index (χ2n) is 3.98. The summed E-state index contributed by atoms with van der Waals surface area (Å²) in [6.45, 7) is 1.89. The number of amides is 1. The zero-order valence-electron chi connectivity index (χ0n) is 11.9. The van der Waals surface area contributed by atoms with Crippen molar-refractivity contribution in [1.29, 1.82) is 0 Å². The van der Waals surface area contributed by atoms with Crippen molar-refractivity contribution in [2.75, 3.05) is 26.1 Å². The van der Waals surface area contributed by atoms with Gasteiger partial charge in [0.05, 0.1) is 31.7 Å². The monoisotopic (exact) mass is 293 g/mol.